The molecule has 142 valence electrons. The van der Waals surface area contributed by atoms with Gasteiger partial charge in [0.05, 0.1) is 12.0 Å². The van der Waals surface area contributed by atoms with Gasteiger partial charge in [0.25, 0.3) is 5.91 Å². The number of aryl methyl sites for hydroxylation is 2. The number of sulfone groups is 1. The zero-order chi connectivity index (χ0) is 19.6. The van der Waals surface area contributed by atoms with Gasteiger partial charge in [0.15, 0.2) is 9.84 Å². The summed E-state index contributed by atoms with van der Waals surface area (Å²) in [5, 5.41) is 0. The molecule has 0 saturated heterocycles. The van der Waals surface area contributed by atoms with Crippen molar-refractivity contribution in [1.29, 1.82) is 0 Å². The van der Waals surface area contributed by atoms with E-state index in [1.165, 1.54) is 12.3 Å². The molecule has 1 amide bonds. The molecular weight excluding hydrogens is 362 g/mol. The molecule has 3 rings (SSSR count). The first-order valence-electron chi connectivity index (χ1n) is 8.77. The van der Waals surface area contributed by atoms with Crippen molar-refractivity contribution in [2.24, 2.45) is 0 Å². The second-order valence-electron chi connectivity index (χ2n) is 6.73. The Balaban J connectivity index is 1.88. The van der Waals surface area contributed by atoms with Gasteiger partial charge in [-0.3, -0.25) is 4.79 Å². The Morgan fingerprint density at radius 3 is 2.67 bits per heavy atom. The molecule has 27 heavy (non-hydrogen) atoms. The number of methoxy groups -OCH3 is 1. The highest BCUT2D eigenvalue weighted by atomic mass is 32.2. The van der Waals surface area contributed by atoms with Crippen LogP contribution < -0.4 is 9.64 Å². The summed E-state index contributed by atoms with van der Waals surface area (Å²) >= 11 is 0. The summed E-state index contributed by atoms with van der Waals surface area (Å²) in [7, 11) is -1.66. The molecule has 0 unspecified atom stereocenters. The smallest absolute Gasteiger partial charge is 0.250 e. The zero-order valence-corrected chi connectivity index (χ0v) is 16.5. The van der Waals surface area contributed by atoms with E-state index in [4.69, 9.17) is 4.74 Å². The van der Waals surface area contributed by atoms with Crippen LogP contribution in [0.3, 0.4) is 0 Å². The Bertz CT molecular complexity index is 1010. The van der Waals surface area contributed by atoms with Crippen LogP contribution in [0.15, 0.2) is 47.4 Å². The maximum atomic E-state index is 12.8. The van der Waals surface area contributed by atoms with Crippen molar-refractivity contribution < 1.29 is 17.9 Å². The molecule has 0 radical (unpaired) electrons. The lowest BCUT2D eigenvalue weighted by Gasteiger charge is -2.29. The van der Waals surface area contributed by atoms with Crippen LogP contribution in [0.4, 0.5) is 5.69 Å². The van der Waals surface area contributed by atoms with Crippen LogP contribution in [-0.2, 0) is 21.1 Å². The third kappa shape index (κ3) is 4.22. The maximum Gasteiger partial charge on any atom is 0.250 e. The van der Waals surface area contributed by atoms with Crippen molar-refractivity contribution in [3.05, 3.63) is 59.2 Å². The van der Waals surface area contributed by atoms with Crippen molar-refractivity contribution in [3.63, 3.8) is 0 Å². The zero-order valence-electron chi connectivity index (χ0n) is 15.7. The predicted octanol–water partition coefficient (Wildman–Crippen LogP) is 3.40. The van der Waals surface area contributed by atoms with Crippen LogP contribution in [0.2, 0.25) is 0 Å². The van der Waals surface area contributed by atoms with Crippen LogP contribution in [-0.4, -0.2) is 34.2 Å². The second kappa shape index (κ2) is 7.56. The minimum atomic E-state index is -3.26. The fraction of sp³-hybridized carbons (Fsp3) is 0.286. The van der Waals surface area contributed by atoms with E-state index in [1.807, 2.05) is 25.1 Å². The minimum Gasteiger partial charge on any atom is -0.496 e. The third-order valence-corrected chi connectivity index (χ3v) is 5.76. The first-order chi connectivity index (χ1) is 12.8. The van der Waals surface area contributed by atoms with Gasteiger partial charge < -0.3 is 9.64 Å². The molecule has 0 aromatic heterocycles. The van der Waals surface area contributed by atoms with Gasteiger partial charge >= 0.3 is 0 Å². The van der Waals surface area contributed by atoms with E-state index >= 15 is 0 Å². The quantitative estimate of drug-likeness (QED) is 0.757. The number of ether oxygens (including phenoxy) is 1. The third-order valence-electron chi connectivity index (χ3n) is 4.65. The number of rotatable bonds is 4. The molecule has 2 aromatic rings. The summed E-state index contributed by atoms with van der Waals surface area (Å²) in [6, 6.07) is 10.8. The Morgan fingerprint density at radius 2 is 1.96 bits per heavy atom. The molecule has 2 aromatic carbocycles. The lowest BCUT2D eigenvalue weighted by atomic mass is 10.0. The van der Waals surface area contributed by atoms with E-state index < -0.39 is 9.84 Å². The number of benzene rings is 2. The second-order valence-corrected chi connectivity index (χ2v) is 8.75. The van der Waals surface area contributed by atoms with Gasteiger partial charge in [-0.05, 0) is 61.7 Å². The number of nitrogens with zero attached hydrogens (tertiary/aromatic N) is 1. The van der Waals surface area contributed by atoms with Crippen LogP contribution in [0.1, 0.15) is 23.1 Å². The number of fused-ring (bicyclic) bond motifs is 1. The van der Waals surface area contributed by atoms with E-state index in [2.05, 4.69) is 0 Å². The standard InChI is InChI=1S/C21H23NO4S/c1-15-6-10-20(26-2)17(13-15)7-11-21(23)22-12-4-5-16-14-18(27(3,24)25)8-9-19(16)22/h6-11,13-14H,4-5,12H2,1-3H3/b11-7+. The molecule has 1 aliphatic heterocycles. The number of hydrogen-bond donors (Lipinski definition) is 0. The van der Waals surface area contributed by atoms with Crippen LogP contribution >= 0.6 is 0 Å². The average Bonchev–Trinajstić information content (AvgIpc) is 2.64. The first kappa shape index (κ1) is 19.2. The highest BCUT2D eigenvalue weighted by Crippen LogP contribution is 2.30. The van der Waals surface area contributed by atoms with E-state index in [0.717, 1.165) is 35.2 Å². The molecule has 5 nitrogen and oxygen atoms in total. The molecule has 0 N–H and O–H groups in total. The van der Waals surface area contributed by atoms with Crippen molar-refractivity contribution >= 4 is 27.5 Å². The maximum absolute atomic E-state index is 12.8. The van der Waals surface area contributed by atoms with Crippen molar-refractivity contribution in [2.75, 3.05) is 24.8 Å². The van der Waals surface area contributed by atoms with E-state index in [9.17, 15) is 13.2 Å². The van der Waals surface area contributed by atoms with Gasteiger partial charge in [-0.1, -0.05) is 11.6 Å². The summed E-state index contributed by atoms with van der Waals surface area (Å²) in [6.07, 6.45) is 6.05. The topological polar surface area (TPSA) is 63.7 Å². The fourth-order valence-electron chi connectivity index (χ4n) is 3.27. The van der Waals surface area contributed by atoms with Gasteiger partial charge in [0.2, 0.25) is 0 Å². The van der Waals surface area contributed by atoms with Crippen molar-refractivity contribution in [3.8, 4) is 5.75 Å². The Kier molecular flexibility index (Phi) is 5.37. The molecule has 1 aliphatic rings. The number of carbonyl (C=O) groups excluding carboxylic acids is 1. The van der Waals surface area contributed by atoms with Gasteiger partial charge in [0, 0.05) is 30.1 Å². The summed E-state index contributed by atoms with van der Waals surface area (Å²) < 4.78 is 28.9. The Morgan fingerprint density at radius 1 is 1.19 bits per heavy atom. The minimum absolute atomic E-state index is 0.133. The average molecular weight is 385 g/mol. The van der Waals surface area contributed by atoms with Gasteiger partial charge in [-0.2, -0.15) is 0 Å². The summed E-state index contributed by atoms with van der Waals surface area (Å²) in [5.41, 5.74) is 3.59. The molecule has 0 fully saturated rings. The van der Waals surface area contributed by atoms with Crippen LogP contribution in [0.5, 0.6) is 5.75 Å². The molecule has 0 aliphatic carbocycles. The highest BCUT2D eigenvalue weighted by molar-refractivity contribution is 7.90. The largest absolute Gasteiger partial charge is 0.496 e. The van der Waals surface area contributed by atoms with Crippen molar-refractivity contribution in [1.82, 2.24) is 0 Å². The Hall–Kier alpha value is -2.60. The highest BCUT2D eigenvalue weighted by Gasteiger charge is 2.22. The molecule has 0 atom stereocenters. The van der Waals surface area contributed by atoms with E-state index in [0.29, 0.717) is 12.3 Å². The van der Waals surface area contributed by atoms with Crippen molar-refractivity contribution in [2.45, 2.75) is 24.7 Å². The Labute approximate surface area is 160 Å². The molecule has 0 bridgehead atoms. The lowest BCUT2D eigenvalue weighted by molar-refractivity contribution is -0.114. The SMILES string of the molecule is COc1ccc(C)cc1/C=C/C(=O)N1CCCc2cc(S(C)(=O)=O)ccc21. The number of amides is 1. The molecule has 0 spiro atoms. The molecular formula is C21H23NO4S. The molecule has 0 saturated carbocycles. The van der Waals surface area contributed by atoms with Gasteiger partial charge in [-0.15, -0.1) is 0 Å². The normalized spacial score (nSPS) is 14.3. The molecule has 1 heterocycles. The van der Waals surface area contributed by atoms with Crippen LogP contribution in [0.25, 0.3) is 6.08 Å². The fourth-order valence-corrected chi connectivity index (χ4v) is 3.94. The first-order valence-corrected chi connectivity index (χ1v) is 10.7. The monoisotopic (exact) mass is 385 g/mol. The lowest BCUT2D eigenvalue weighted by Crippen LogP contribution is -2.34. The molecule has 6 heteroatoms. The summed E-state index contributed by atoms with van der Waals surface area (Å²) in [6.45, 7) is 2.60. The summed E-state index contributed by atoms with van der Waals surface area (Å²) in [4.78, 5) is 14.8. The van der Waals surface area contributed by atoms with Gasteiger partial charge in [-0.25, -0.2) is 8.42 Å². The number of anilines is 1. The van der Waals surface area contributed by atoms with Gasteiger partial charge in [0.1, 0.15) is 5.75 Å². The number of carbonyl (C=O) groups is 1. The van der Waals surface area contributed by atoms with Crippen LogP contribution in [0, 0.1) is 6.92 Å². The summed E-state index contributed by atoms with van der Waals surface area (Å²) in [5.74, 6) is 0.577. The number of hydrogen-bond acceptors (Lipinski definition) is 4. The predicted molar refractivity (Wildman–Crippen MR) is 107 cm³/mol. The van der Waals surface area contributed by atoms with E-state index in [-0.39, 0.29) is 10.8 Å². The van der Waals surface area contributed by atoms with E-state index in [1.54, 1.807) is 36.3 Å².